The van der Waals surface area contributed by atoms with E-state index in [2.05, 4.69) is 4.99 Å². The highest BCUT2D eigenvalue weighted by Gasteiger charge is 2.29. The Morgan fingerprint density at radius 2 is 2.07 bits per heavy atom. The van der Waals surface area contributed by atoms with Crippen molar-refractivity contribution in [3.05, 3.63) is 33.1 Å². The fourth-order valence-corrected chi connectivity index (χ4v) is 5.25. The van der Waals surface area contributed by atoms with Gasteiger partial charge in [-0.15, -0.1) is 0 Å². The van der Waals surface area contributed by atoms with Crippen LogP contribution in [0.4, 0.5) is 5.69 Å². The topological polar surface area (TPSA) is 124 Å². The number of rotatable bonds is 6. The van der Waals surface area contributed by atoms with E-state index in [1.807, 2.05) is 4.57 Å². The molecule has 2 heterocycles. The molecule has 0 unspecified atom stereocenters. The Morgan fingerprint density at radius 3 is 2.66 bits per heavy atom. The third kappa shape index (κ3) is 4.89. The molecule has 0 bridgehead atoms. The highest BCUT2D eigenvalue weighted by Crippen LogP contribution is 2.24. The van der Waals surface area contributed by atoms with Crippen molar-refractivity contribution >= 4 is 43.2 Å². The van der Waals surface area contributed by atoms with Crippen LogP contribution in [0.25, 0.3) is 10.2 Å². The lowest BCUT2D eigenvalue weighted by molar-refractivity contribution is -0.384. The summed E-state index contributed by atoms with van der Waals surface area (Å²) < 4.78 is 32.2. The summed E-state index contributed by atoms with van der Waals surface area (Å²) >= 11 is 1.21. The maximum Gasteiger partial charge on any atom is 0.270 e. The van der Waals surface area contributed by atoms with E-state index < -0.39 is 14.9 Å². The van der Waals surface area contributed by atoms with Crippen LogP contribution in [0, 0.1) is 16.0 Å². The van der Waals surface area contributed by atoms with Crippen molar-refractivity contribution in [2.45, 2.75) is 19.4 Å². The predicted molar refractivity (Wildman–Crippen MR) is 108 cm³/mol. The van der Waals surface area contributed by atoms with Gasteiger partial charge in [0.15, 0.2) is 4.80 Å². The molecule has 0 N–H and O–H groups in total. The minimum atomic E-state index is -3.26. The molecule has 1 aliphatic heterocycles. The van der Waals surface area contributed by atoms with E-state index in [-0.39, 0.29) is 17.5 Å². The Bertz CT molecular complexity index is 1100. The van der Waals surface area contributed by atoms with E-state index in [1.165, 1.54) is 27.8 Å². The van der Waals surface area contributed by atoms with Crippen molar-refractivity contribution in [3.8, 4) is 0 Å². The van der Waals surface area contributed by atoms with Crippen LogP contribution in [0.5, 0.6) is 0 Å². The van der Waals surface area contributed by atoms with Gasteiger partial charge in [0.25, 0.3) is 11.6 Å². The first-order valence-electron chi connectivity index (χ1n) is 9.01. The van der Waals surface area contributed by atoms with E-state index in [1.54, 1.807) is 13.2 Å². The average Bonchev–Trinajstić information content (AvgIpc) is 3.01. The summed E-state index contributed by atoms with van der Waals surface area (Å²) in [5.41, 5.74) is 0.722. The van der Waals surface area contributed by atoms with Crippen LogP contribution in [0.1, 0.15) is 12.8 Å². The van der Waals surface area contributed by atoms with E-state index in [0.29, 0.717) is 48.6 Å². The molecule has 0 radical (unpaired) electrons. The number of benzene rings is 1. The molecule has 0 aliphatic carbocycles. The van der Waals surface area contributed by atoms with Gasteiger partial charge in [0, 0.05) is 44.8 Å². The quantitative estimate of drug-likeness (QED) is 0.491. The molecule has 0 atom stereocenters. The maximum absolute atomic E-state index is 12.7. The second kappa shape index (κ2) is 8.69. The zero-order valence-corrected chi connectivity index (χ0v) is 17.7. The molecule has 12 heteroatoms. The molecule has 1 aromatic heterocycles. The molecule has 0 saturated carbocycles. The molecule has 0 spiro atoms. The lowest BCUT2D eigenvalue weighted by Crippen LogP contribution is -2.39. The summed E-state index contributed by atoms with van der Waals surface area (Å²) in [6, 6.07) is 4.54. The van der Waals surface area contributed by atoms with Gasteiger partial charge in [-0.05, 0) is 18.9 Å². The first-order chi connectivity index (χ1) is 13.7. The zero-order chi connectivity index (χ0) is 21.2. The van der Waals surface area contributed by atoms with Gasteiger partial charge in [-0.3, -0.25) is 14.9 Å². The molecule has 1 aromatic carbocycles. The van der Waals surface area contributed by atoms with Gasteiger partial charge in [0.05, 0.1) is 28.0 Å². The summed E-state index contributed by atoms with van der Waals surface area (Å²) in [5.74, 6) is -0.645. The Morgan fingerprint density at radius 1 is 1.38 bits per heavy atom. The standard InChI is InChI=1S/C17H22N4O6S2/c1-27-10-9-20-14-4-3-13(21(23)24)11-15(14)28-17(20)18-16(22)12-5-7-19(8-6-12)29(2,25)26/h3-4,11-12H,5-10H2,1-2H3. The average molecular weight is 443 g/mol. The number of thiazole rings is 1. The van der Waals surface area contributed by atoms with Crippen molar-refractivity contribution in [3.63, 3.8) is 0 Å². The molecule has 3 rings (SSSR count). The summed E-state index contributed by atoms with van der Waals surface area (Å²) in [4.78, 5) is 28.0. The maximum atomic E-state index is 12.7. The van der Waals surface area contributed by atoms with Gasteiger partial charge >= 0.3 is 0 Å². The number of sulfonamides is 1. The molecule has 1 saturated heterocycles. The number of non-ortho nitro benzene ring substituents is 1. The number of nitrogens with zero attached hydrogens (tertiary/aromatic N) is 4. The number of aromatic nitrogens is 1. The predicted octanol–water partition coefficient (Wildman–Crippen LogP) is 1.36. The number of ether oxygens (including phenoxy) is 1. The molecule has 1 aliphatic rings. The first-order valence-corrected chi connectivity index (χ1v) is 11.7. The molecule has 2 aromatic rings. The van der Waals surface area contributed by atoms with Gasteiger partial charge in [0.1, 0.15) is 0 Å². The first kappa shape index (κ1) is 21.6. The number of nitro benzene ring substituents is 1. The van der Waals surface area contributed by atoms with E-state index in [0.717, 1.165) is 11.8 Å². The second-order valence-electron chi connectivity index (χ2n) is 6.82. The minimum absolute atomic E-state index is 0.0244. The number of hydrogen-bond acceptors (Lipinski definition) is 7. The molecule has 10 nitrogen and oxygen atoms in total. The van der Waals surface area contributed by atoms with Crippen molar-refractivity contribution in [1.82, 2.24) is 8.87 Å². The number of methoxy groups -OCH3 is 1. The number of amides is 1. The van der Waals surface area contributed by atoms with E-state index in [4.69, 9.17) is 4.74 Å². The van der Waals surface area contributed by atoms with Crippen LogP contribution in [0.2, 0.25) is 0 Å². The SMILES string of the molecule is COCCn1c(=NC(=O)C2CCN(S(C)(=O)=O)CC2)sc2cc([N+](=O)[O-])ccc21. The van der Waals surface area contributed by atoms with Gasteiger partial charge in [-0.2, -0.15) is 4.99 Å². The Labute approximate surface area is 171 Å². The molecular formula is C17H22N4O6S2. The smallest absolute Gasteiger partial charge is 0.270 e. The van der Waals surface area contributed by atoms with Crippen molar-refractivity contribution in [2.75, 3.05) is 33.1 Å². The summed E-state index contributed by atoms with van der Waals surface area (Å²) in [7, 11) is -1.69. The Kier molecular flexibility index (Phi) is 6.46. The van der Waals surface area contributed by atoms with Crippen LogP contribution < -0.4 is 4.80 Å². The Balaban J connectivity index is 1.91. The van der Waals surface area contributed by atoms with Crippen LogP contribution in [0.3, 0.4) is 0 Å². The van der Waals surface area contributed by atoms with Gasteiger partial charge < -0.3 is 9.30 Å². The number of nitro groups is 1. The highest BCUT2D eigenvalue weighted by molar-refractivity contribution is 7.88. The van der Waals surface area contributed by atoms with E-state index in [9.17, 15) is 23.3 Å². The lowest BCUT2D eigenvalue weighted by Gasteiger charge is -2.28. The highest BCUT2D eigenvalue weighted by atomic mass is 32.2. The fraction of sp³-hybridized carbons (Fsp3) is 0.529. The summed E-state index contributed by atoms with van der Waals surface area (Å²) in [5, 5.41) is 11.0. The number of fused-ring (bicyclic) bond motifs is 1. The molecule has 29 heavy (non-hydrogen) atoms. The largest absolute Gasteiger partial charge is 0.383 e. The summed E-state index contributed by atoms with van der Waals surface area (Å²) in [6.45, 7) is 1.45. The zero-order valence-electron chi connectivity index (χ0n) is 16.1. The third-order valence-corrected chi connectivity index (χ3v) is 7.22. The van der Waals surface area contributed by atoms with Crippen LogP contribution in [0.15, 0.2) is 23.2 Å². The van der Waals surface area contributed by atoms with Crippen LogP contribution >= 0.6 is 11.3 Å². The van der Waals surface area contributed by atoms with E-state index >= 15 is 0 Å². The van der Waals surface area contributed by atoms with Crippen molar-refractivity contribution < 1.29 is 22.9 Å². The fourth-order valence-electron chi connectivity index (χ4n) is 3.28. The van der Waals surface area contributed by atoms with Crippen LogP contribution in [-0.4, -0.2) is 61.2 Å². The minimum Gasteiger partial charge on any atom is -0.383 e. The number of piperidine rings is 1. The number of hydrogen-bond donors (Lipinski definition) is 0. The van der Waals surface area contributed by atoms with Crippen molar-refractivity contribution in [2.24, 2.45) is 10.9 Å². The lowest BCUT2D eigenvalue weighted by atomic mass is 9.98. The van der Waals surface area contributed by atoms with Gasteiger partial charge in [0.2, 0.25) is 10.0 Å². The summed E-state index contributed by atoms with van der Waals surface area (Å²) in [6.07, 6.45) is 2.00. The normalized spacial score (nSPS) is 17.1. The van der Waals surface area contributed by atoms with Gasteiger partial charge in [-0.25, -0.2) is 12.7 Å². The monoisotopic (exact) mass is 442 g/mol. The molecule has 1 fully saturated rings. The van der Waals surface area contributed by atoms with Crippen LogP contribution in [-0.2, 0) is 26.1 Å². The second-order valence-corrected chi connectivity index (χ2v) is 9.82. The Hall–Kier alpha value is -2.15. The van der Waals surface area contributed by atoms with Crippen molar-refractivity contribution in [1.29, 1.82) is 0 Å². The molecule has 158 valence electrons. The molecule has 1 amide bonds. The third-order valence-electron chi connectivity index (χ3n) is 4.87. The number of carbonyl (C=O) groups excluding carboxylic acids is 1. The van der Waals surface area contributed by atoms with Gasteiger partial charge in [-0.1, -0.05) is 11.3 Å². The number of carbonyl (C=O) groups is 1. The molecular weight excluding hydrogens is 420 g/mol.